The molecule has 3 rings (SSSR count). The molecule has 1 unspecified atom stereocenters. The van der Waals surface area contributed by atoms with Gasteiger partial charge in [0.05, 0.1) is 22.3 Å². The topological polar surface area (TPSA) is 89.6 Å². The van der Waals surface area contributed by atoms with Crippen LogP contribution in [-0.2, 0) is 5.38 Å². The standard InChI is InChI=1S/C14H10Cl2F2N6O/c1-7(10-3-2-9(15)6-19-10)22-13-20-4-8(5-21-13)11-23-12(25-24-11)14(16,17)18/h2-7H,1H3,(H,20,21,22). The minimum absolute atomic E-state index is 0.0886. The van der Waals surface area contributed by atoms with Crippen molar-refractivity contribution >= 4 is 29.2 Å². The van der Waals surface area contributed by atoms with E-state index in [1.54, 1.807) is 18.3 Å². The van der Waals surface area contributed by atoms with Crippen LogP contribution in [0.2, 0.25) is 5.02 Å². The van der Waals surface area contributed by atoms with E-state index in [1.165, 1.54) is 12.4 Å². The molecule has 0 aliphatic carbocycles. The van der Waals surface area contributed by atoms with Crippen LogP contribution >= 0.6 is 23.2 Å². The lowest BCUT2D eigenvalue weighted by Gasteiger charge is -2.13. The molecule has 3 aromatic heterocycles. The first-order chi connectivity index (χ1) is 11.8. The van der Waals surface area contributed by atoms with Crippen molar-refractivity contribution in [1.29, 1.82) is 0 Å². The molecule has 0 aliphatic rings. The zero-order chi connectivity index (χ0) is 18.0. The van der Waals surface area contributed by atoms with Crippen molar-refractivity contribution < 1.29 is 13.3 Å². The van der Waals surface area contributed by atoms with Crippen LogP contribution < -0.4 is 5.32 Å². The van der Waals surface area contributed by atoms with Crippen LogP contribution in [0.3, 0.4) is 0 Å². The van der Waals surface area contributed by atoms with Gasteiger partial charge in [0.2, 0.25) is 11.8 Å². The Hall–Kier alpha value is -2.39. The number of halogens is 4. The first kappa shape index (κ1) is 17.4. The number of pyridine rings is 1. The number of aromatic nitrogens is 5. The van der Waals surface area contributed by atoms with Crippen molar-refractivity contribution in [3.63, 3.8) is 0 Å². The van der Waals surface area contributed by atoms with Gasteiger partial charge in [-0.05, 0) is 30.7 Å². The number of alkyl halides is 3. The Morgan fingerprint density at radius 3 is 2.44 bits per heavy atom. The highest BCUT2D eigenvalue weighted by atomic mass is 35.5. The molecule has 0 aliphatic heterocycles. The molecule has 7 nitrogen and oxygen atoms in total. The number of nitrogens with one attached hydrogen (secondary N) is 1. The number of anilines is 1. The maximum absolute atomic E-state index is 12.9. The van der Waals surface area contributed by atoms with E-state index in [4.69, 9.17) is 23.2 Å². The predicted octanol–water partition coefficient (Wildman–Crippen LogP) is 4.04. The molecule has 130 valence electrons. The SMILES string of the molecule is CC(Nc1ncc(-c2noc(C(F)(F)Cl)n2)cn1)c1ccc(Cl)cn1. The van der Waals surface area contributed by atoms with Crippen molar-refractivity contribution in [2.24, 2.45) is 0 Å². The Labute approximate surface area is 150 Å². The Morgan fingerprint density at radius 1 is 1.16 bits per heavy atom. The van der Waals surface area contributed by atoms with Crippen LogP contribution in [0.5, 0.6) is 0 Å². The van der Waals surface area contributed by atoms with Crippen molar-refractivity contribution in [2.75, 3.05) is 5.32 Å². The zero-order valence-electron chi connectivity index (χ0n) is 12.6. The fourth-order valence-corrected chi connectivity index (χ4v) is 2.07. The molecular formula is C14H10Cl2F2N6O. The molecular weight excluding hydrogens is 377 g/mol. The van der Waals surface area contributed by atoms with Gasteiger partial charge in [-0.25, -0.2) is 9.97 Å². The maximum atomic E-state index is 12.9. The van der Waals surface area contributed by atoms with Gasteiger partial charge in [-0.1, -0.05) is 16.8 Å². The smallest absolute Gasteiger partial charge is 0.346 e. The summed E-state index contributed by atoms with van der Waals surface area (Å²) in [5, 5.41) is 3.29. The van der Waals surface area contributed by atoms with Crippen LogP contribution in [0.25, 0.3) is 11.4 Å². The maximum Gasteiger partial charge on any atom is 0.400 e. The average molecular weight is 387 g/mol. The second-order valence-corrected chi connectivity index (χ2v) is 5.89. The van der Waals surface area contributed by atoms with E-state index in [9.17, 15) is 8.78 Å². The quantitative estimate of drug-likeness (QED) is 0.661. The van der Waals surface area contributed by atoms with Crippen LogP contribution in [0.4, 0.5) is 14.7 Å². The summed E-state index contributed by atoms with van der Waals surface area (Å²) < 4.78 is 30.2. The molecule has 1 atom stereocenters. The van der Waals surface area contributed by atoms with Crippen molar-refractivity contribution in [1.82, 2.24) is 25.1 Å². The normalized spacial score (nSPS) is 12.8. The summed E-state index contributed by atoms with van der Waals surface area (Å²) in [7, 11) is 0. The van der Waals surface area contributed by atoms with Gasteiger partial charge in [0.25, 0.3) is 0 Å². The zero-order valence-corrected chi connectivity index (χ0v) is 14.1. The Bertz CT molecular complexity index is 851. The molecule has 25 heavy (non-hydrogen) atoms. The molecule has 0 amide bonds. The van der Waals surface area contributed by atoms with Gasteiger partial charge in [0.15, 0.2) is 0 Å². The largest absolute Gasteiger partial charge is 0.400 e. The molecule has 0 aromatic carbocycles. The summed E-state index contributed by atoms with van der Waals surface area (Å²) in [6.07, 6.45) is 4.29. The van der Waals surface area contributed by atoms with Gasteiger partial charge in [0.1, 0.15) is 0 Å². The molecule has 0 spiro atoms. The summed E-state index contributed by atoms with van der Waals surface area (Å²) in [4.78, 5) is 15.9. The average Bonchev–Trinajstić information content (AvgIpc) is 3.06. The van der Waals surface area contributed by atoms with Crippen molar-refractivity contribution in [2.45, 2.75) is 18.3 Å². The summed E-state index contributed by atoms with van der Waals surface area (Å²) >= 11 is 10.6. The molecule has 0 fully saturated rings. The molecule has 0 saturated heterocycles. The Morgan fingerprint density at radius 2 is 1.88 bits per heavy atom. The van der Waals surface area contributed by atoms with E-state index in [1.807, 2.05) is 6.92 Å². The lowest BCUT2D eigenvalue weighted by Crippen LogP contribution is -2.10. The highest BCUT2D eigenvalue weighted by Gasteiger charge is 2.35. The number of nitrogens with zero attached hydrogens (tertiary/aromatic N) is 5. The predicted molar refractivity (Wildman–Crippen MR) is 86.4 cm³/mol. The van der Waals surface area contributed by atoms with Crippen LogP contribution in [0.15, 0.2) is 35.2 Å². The van der Waals surface area contributed by atoms with Gasteiger partial charge in [-0.2, -0.15) is 13.8 Å². The molecule has 0 bridgehead atoms. The third-order valence-electron chi connectivity index (χ3n) is 3.12. The molecule has 0 saturated carbocycles. The molecule has 11 heteroatoms. The summed E-state index contributed by atoms with van der Waals surface area (Å²) in [6, 6.07) is 3.34. The molecule has 1 N–H and O–H groups in total. The van der Waals surface area contributed by atoms with E-state index >= 15 is 0 Å². The summed E-state index contributed by atoms with van der Waals surface area (Å²) in [6.45, 7) is 1.88. The Kier molecular flexibility index (Phi) is 4.78. The van der Waals surface area contributed by atoms with E-state index in [0.717, 1.165) is 5.69 Å². The van der Waals surface area contributed by atoms with Gasteiger partial charge in [-0.3, -0.25) is 4.98 Å². The van der Waals surface area contributed by atoms with E-state index < -0.39 is 11.3 Å². The first-order valence-electron chi connectivity index (χ1n) is 6.94. The lowest BCUT2D eigenvalue weighted by molar-refractivity contribution is 0.0551. The van der Waals surface area contributed by atoms with Gasteiger partial charge >= 0.3 is 11.3 Å². The second-order valence-electron chi connectivity index (χ2n) is 4.98. The van der Waals surface area contributed by atoms with Crippen LogP contribution in [0.1, 0.15) is 24.6 Å². The highest BCUT2D eigenvalue weighted by molar-refractivity contribution is 6.30. The van der Waals surface area contributed by atoms with Gasteiger partial charge in [0, 0.05) is 18.6 Å². The third-order valence-corrected chi connectivity index (χ3v) is 3.50. The van der Waals surface area contributed by atoms with Crippen molar-refractivity contribution in [3.05, 3.63) is 47.3 Å². The van der Waals surface area contributed by atoms with E-state index in [-0.39, 0.29) is 11.9 Å². The van der Waals surface area contributed by atoms with Crippen LogP contribution in [-0.4, -0.2) is 25.1 Å². The van der Waals surface area contributed by atoms with Gasteiger partial charge < -0.3 is 9.84 Å². The molecule has 0 radical (unpaired) electrons. The third kappa shape index (κ3) is 4.18. The Balaban J connectivity index is 1.72. The highest BCUT2D eigenvalue weighted by Crippen LogP contribution is 2.31. The number of hydrogen-bond acceptors (Lipinski definition) is 7. The van der Waals surface area contributed by atoms with Gasteiger partial charge in [-0.15, -0.1) is 0 Å². The molecule has 3 heterocycles. The summed E-state index contributed by atoms with van der Waals surface area (Å²) in [5.41, 5.74) is 1.06. The fraction of sp³-hybridized carbons (Fsp3) is 0.214. The minimum Gasteiger partial charge on any atom is -0.346 e. The summed E-state index contributed by atoms with van der Waals surface area (Å²) in [5.74, 6) is -0.762. The molecule has 3 aromatic rings. The first-order valence-corrected chi connectivity index (χ1v) is 7.70. The monoisotopic (exact) mass is 386 g/mol. The second kappa shape index (κ2) is 6.85. The lowest BCUT2D eigenvalue weighted by atomic mass is 10.2. The number of rotatable bonds is 5. The van der Waals surface area contributed by atoms with Crippen LogP contribution in [0, 0.1) is 0 Å². The van der Waals surface area contributed by atoms with Crippen molar-refractivity contribution in [3.8, 4) is 11.4 Å². The fourth-order valence-electron chi connectivity index (χ4n) is 1.88. The minimum atomic E-state index is -3.73. The van der Waals surface area contributed by atoms with E-state index in [2.05, 4.69) is 34.9 Å². The van der Waals surface area contributed by atoms with E-state index in [0.29, 0.717) is 16.5 Å². The number of hydrogen-bond donors (Lipinski definition) is 1.